The summed E-state index contributed by atoms with van der Waals surface area (Å²) in [4.78, 5) is 33.0. The van der Waals surface area contributed by atoms with Gasteiger partial charge >= 0.3 is 0 Å². The van der Waals surface area contributed by atoms with Gasteiger partial charge in [-0.25, -0.2) is 9.97 Å². The van der Waals surface area contributed by atoms with Crippen LogP contribution in [0.3, 0.4) is 0 Å². The van der Waals surface area contributed by atoms with Crippen molar-refractivity contribution in [3.63, 3.8) is 0 Å². The van der Waals surface area contributed by atoms with Crippen LogP contribution in [-0.4, -0.2) is 26.5 Å². The Balaban J connectivity index is 1.75. The van der Waals surface area contributed by atoms with Crippen molar-refractivity contribution in [3.05, 3.63) is 52.6 Å². The number of amides is 1. The first-order valence-corrected chi connectivity index (χ1v) is 9.42. The van der Waals surface area contributed by atoms with Crippen molar-refractivity contribution >= 4 is 22.6 Å². The van der Waals surface area contributed by atoms with Crippen LogP contribution in [0.1, 0.15) is 38.3 Å². The summed E-state index contributed by atoms with van der Waals surface area (Å²) in [5, 5.41) is 6.78. The zero-order chi connectivity index (χ0) is 19.8. The molecule has 0 aliphatic heterocycles. The van der Waals surface area contributed by atoms with Crippen molar-refractivity contribution in [2.24, 2.45) is 7.05 Å². The molecule has 2 heterocycles. The molecule has 1 atom stereocenters. The van der Waals surface area contributed by atoms with Gasteiger partial charge in [0.25, 0.3) is 5.56 Å². The van der Waals surface area contributed by atoms with Crippen LogP contribution in [0, 0.1) is 0 Å². The van der Waals surface area contributed by atoms with E-state index in [2.05, 4.69) is 15.6 Å². The minimum Gasteiger partial charge on any atom is -0.367 e. The Morgan fingerprint density at radius 3 is 2.61 bits per heavy atom. The zero-order valence-corrected chi connectivity index (χ0v) is 16.2. The van der Waals surface area contributed by atoms with Gasteiger partial charge in [-0.2, -0.15) is 0 Å². The summed E-state index contributed by atoms with van der Waals surface area (Å²) in [5.41, 5.74) is 3.24. The topological polar surface area (TPSA) is 88.9 Å². The van der Waals surface area contributed by atoms with E-state index in [1.807, 2.05) is 37.3 Å². The molecular formula is C21H23N5O2. The fourth-order valence-electron chi connectivity index (χ4n) is 3.23. The third-order valence-electron chi connectivity index (χ3n) is 4.95. The van der Waals surface area contributed by atoms with Crippen LogP contribution in [0.4, 0.5) is 5.82 Å². The van der Waals surface area contributed by atoms with Gasteiger partial charge in [0.05, 0.1) is 23.6 Å². The summed E-state index contributed by atoms with van der Waals surface area (Å²) in [6.45, 7) is 3.46. The molecular weight excluding hydrogens is 354 g/mol. The van der Waals surface area contributed by atoms with Crippen LogP contribution in [0.2, 0.25) is 0 Å². The number of hydrogen-bond acceptors (Lipinski definition) is 5. The minimum atomic E-state index is -0.105. The van der Waals surface area contributed by atoms with E-state index in [1.54, 1.807) is 7.05 Å². The lowest BCUT2D eigenvalue weighted by atomic mass is 10.0. The maximum absolute atomic E-state index is 12.6. The first-order chi connectivity index (χ1) is 13.4. The minimum absolute atomic E-state index is 0.0591. The Hall–Kier alpha value is -3.22. The molecule has 144 valence electrons. The number of rotatable bonds is 5. The number of fused-ring (bicyclic) bond motifs is 1. The molecule has 1 aliphatic carbocycles. The maximum atomic E-state index is 12.6. The van der Waals surface area contributed by atoms with E-state index in [-0.39, 0.29) is 17.5 Å². The van der Waals surface area contributed by atoms with Gasteiger partial charge in [-0.1, -0.05) is 24.3 Å². The lowest BCUT2D eigenvalue weighted by Crippen LogP contribution is -2.23. The van der Waals surface area contributed by atoms with Crippen molar-refractivity contribution in [2.45, 2.75) is 38.8 Å². The number of aryl methyl sites for hydroxylation is 1. The Morgan fingerprint density at radius 2 is 1.96 bits per heavy atom. The number of carbonyl (C=O) groups excluding carboxylic acids is 1. The van der Waals surface area contributed by atoms with Gasteiger partial charge in [0.2, 0.25) is 5.91 Å². The van der Waals surface area contributed by atoms with Crippen molar-refractivity contribution in [3.8, 4) is 11.3 Å². The molecule has 0 saturated heterocycles. The third kappa shape index (κ3) is 3.60. The van der Waals surface area contributed by atoms with Gasteiger partial charge in [0.1, 0.15) is 11.2 Å². The highest BCUT2D eigenvalue weighted by Gasteiger charge is 2.24. The highest BCUT2D eigenvalue weighted by molar-refractivity contribution is 5.91. The predicted molar refractivity (Wildman–Crippen MR) is 109 cm³/mol. The largest absolute Gasteiger partial charge is 0.367 e. The van der Waals surface area contributed by atoms with E-state index in [9.17, 15) is 9.59 Å². The van der Waals surface area contributed by atoms with Gasteiger partial charge in [0.15, 0.2) is 0 Å². The standard InChI is InChI=1S/C21H23N5O2/c1-12(23-13(2)27)14-4-6-15(7-5-14)17-10-18-19(21(28)26(3)11-22-18)20(25-17)24-16-8-9-16/h4-7,10-12,16H,8-9H2,1-3H3,(H,23,27)(H,24,25)/t12-/m1/s1. The predicted octanol–water partition coefficient (Wildman–Crippen LogP) is 2.77. The molecule has 0 radical (unpaired) electrons. The van der Waals surface area contributed by atoms with E-state index in [1.165, 1.54) is 17.8 Å². The summed E-state index contributed by atoms with van der Waals surface area (Å²) in [5.74, 6) is 0.538. The molecule has 1 aliphatic rings. The van der Waals surface area contributed by atoms with Crippen LogP contribution < -0.4 is 16.2 Å². The van der Waals surface area contributed by atoms with Gasteiger partial charge in [0, 0.05) is 25.6 Å². The van der Waals surface area contributed by atoms with Crippen LogP contribution in [-0.2, 0) is 11.8 Å². The van der Waals surface area contributed by atoms with Crippen LogP contribution in [0.5, 0.6) is 0 Å². The number of pyridine rings is 1. The molecule has 0 bridgehead atoms. The molecule has 2 N–H and O–H groups in total. The first-order valence-electron chi connectivity index (χ1n) is 9.42. The number of hydrogen-bond donors (Lipinski definition) is 2. The molecule has 1 fully saturated rings. The Bertz CT molecular complexity index is 1100. The highest BCUT2D eigenvalue weighted by atomic mass is 16.1. The molecule has 4 rings (SSSR count). The summed E-state index contributed by atoms with van der Waals surface area (Å²) in [6, 6.07) is 10.1. The SMILES string of the molecule is CC(=O)N[C@H](C)c1ccc(-c2cc3ncn(C)c(=O)c3c(NC3CC3)n2)cc1. The summed E-state index contributed by atoms with van der Waals surface area (Å²) < 4.78 is 1.47. The fourth-order valence-corrected chi connectivity index (χ4v) is 3.23. The second kappa shape index (κ2) is 7.07. The van der Waals surface area contributed by atoms with Crippen LogP contribution in [0.15, 0.2) is 41.5 Å². The number of nitrogens with one attached hydrogen (secondary N) is 2. The average molecular weight is 377 g/mol. The molecule has 3 aromatic rings. The summed E-state index contributed by atoms with van der Waals surface area (Å²) >= 11 is 0. The second-order valence-corrected chi connectivity index (χ2v) is 7.37. The highest BCUT2D eigenvalue weighted by Crippen LogP contribution is 2.30. The fraction of sp³-hybridized carbons (Fsp3) is 0.333. The molecule has 7 heteroatoms. The molecule has 28 heavy (non-hydrogen) atoms. The van der Waals surface area contributed by atoms with Crippen molar-refractivity contribution in [2.75, 3.05) is 5.32 Å². The molecule has 1 amide bonds. The van der Waals surface area contributed by atoms with Crippen LogP contribution >= 0.6 is 0 Å². The van der Waals surface area contributed by atoms with Crippen molar-refractivity contribution in [1.29, 1.82) is 0 Å². The normalized spacial score (nSPS) is 14.7. The lowest BCUT2D eigenvalue weighted by Gasteiger charge is -2.14. The van der Waals surface area contributed by atoms with E-state index < -0.39 is 0 Å². The Kier molecular flexibility index (Phi) is 4.58. The number of benzene rings is 1. The number of nitrogens with zero attached hydrogens (tertiary/aromatic N) is 3. The summed E-state index contributed by atoms with van der Waals surface area (Å²) in [6.07, 6.45) is 3.71. The van der Waals surface area contributed by atoms with Crippen molar-refractivity contribution in [1.82, 2.24) is 19.9 Å². The van der Waals surface area contributed by atoms with E-state index >= 15 is 0 Å². The monoisotopic (exact) mass is 377 g/mol. The van der Waals surface area contributed by atoms with E-state index in [0.29, 0.717) is 22.8 Å². The molecule has 0 unspecified atom stereocenters. The van der Waals surface area contributed by atoms with Gasteiger partial charge in [-0.05, 0) is 31.4 Å². The van der Waals surface area contributed by atoms with E-state index in [0.717, 1.165) is 29.7 Å². The van der Waals surface area contributed by atoms with E-state index in [4.69, 9.17) is 4.98 Å². The number of carbonyl (C=O) groups is 1. The lowest BCUT2D eigenvalue weighted by molar-refractivity contribution is -0.119. The second-order valence-electron chi connectivity index (χ2n) is 7.37. The Labute approximate surface area is 162 Å². The quantitative estimate of drug-likeness (QED) is 0.714. The van der Waals surface area contributed by atoms with Gasteiger partial charge in [-0.15, -0.1) is 0 Å². The molecule has 7 nitrogen and oxygen atoms in total. The van der Waals surface area contributed by atoms with Gasteiger partial charge < -0.3 is 15.2 Å². The Morgan fingerprint density at radius 1 is 1.25 bits per heavy atom. The summed E-state index contributed by atoms with van der Waals surface area (Å²) in [7, 11) is 1.69. The molecule has 1 saturated carbocycles. The zero-order valence-electron chi connectivity index (χ0n) is 16.2. The average Bonchev–Trinajstić information content (AvgIpc) is 3.48. The van der Waals surface area contributed by atoms with Crippen LogP contribution in [0.25, 0.3) is 22.2 Å². The number of anilines is 1. The molecule has 1 aromatic carbocycles. The van der Waals surface area contributed by atoms with Crippen molar-refractivity contribution < 1.29 is 4.79 Å². The van der Waals surface area contributed by atoms with Gasteiger partial charge in [-0.3, -0.25) is 9.59 Å². The first kappa shape index (κ1) is 18.2. The molecule has 2 aromatic heterocycles. The third-order valence-corrected chi connectivity index (χ3v) is 4.95. The maximum Gasteiger partial charge on any atom is 0.264 e. The number of aromatic nitrogens is 3. The molecule has 0 spiro atoms. The smallest absolute Gasteiger partial charge is 0.264 e.